The van der Waals surface area contributed by atoms with Crippen LogP contribution in [0.5, 0.6) is 5.75 Å². The van der Waals surface area contributed by atoms with E-state index < -0.39 is 0 Å². The van der Waals surface area contributed by atoms with Crippen molar-refractivity contribution in [3.05, 3.63) is 51.3 Å². The predicted molar refractivity (Wildman–Crippen MR) is 128 cm³/mol. The first-order valence-electron chi connectivity index (χ1n) is 9.74. The van der Waals surface area contributed by atoms with Crippen LogP contribution in [0.4, 0.5) is 5.69 Å². The maximum Gasteiger partial charge on any atom is 0.262 e. The second-order valence-electron chi connectivity index (χ2n) is 6.91. The Bertz CT molecular complexity index is 1280. The molecule has 0 radical (unpaired) electrons. The summed E-state index contributed by atoms with van der Waals surface area (Å²) in [5.41, 5.74) is 1.85. The molecule has 2 aromatic carbocycles. The number of amides is 2. The summed E-state index contributed by atoms with van der Waals surface area (Å²) in [4.78, 5) is 29.1. The molecule has 2 aromatic heterocycles. The molecule has 6 nitrogen and oxygen atoms in total. The third-order valence-corrected chi connectivity index (χ3v) is 6.71. The lowest BCUT2D eigenvalue weighted by atomic mass is 10.2. The molecule has 4 rings (SSSR count). The molecule has 160 valence electrons. The Morgan fingerprint density at radius 1 is 1.23 bits per heavy atom. The average Bonchev–Trinajstić information content (AvgIpc) is 3.36. The minimum Gasteiger partial charge on any atom is -0.483 e. The third-order valence-electron chi connectivity index (χ3n) is 4.56. The number of benzene rings is 2. The SMILES string of the molecule is CCCNC(=O)c1ccc(NC(=O)COc2cc3sc(C)nc3c3sccc23)cc1Cl. The zero-order valence-electron chi connectivity index (χ0n) is 17.0. The van der Waals surface area contributed by atoms with E-state index in [9.17, 15) is 9.59 Å². The molecule has 9 heteroatoms. The van der Waals surface area contributed by atoms with E-state index >= 15 is 0 Å². The van der Waals surface area contributed by atoms with Crippen molar-refractivity contribution in [1.29, 1.82) is 0 Å². The highest BCUT2D eigenvalue weighted by Gasteiger charge is 2.15. The van der Waals surface area contributed by atoms with Gasteiger partial charge < -0.3 is 15.4 Å². The number of hydrogen-bond acceptors (Lipinski definition) is 6. The van der Waals surface area contributed by atoms with Crippen molar-refractivity contribution in [2.24, 2.45) is 0 Å². The van der Waals surface area contributed by atoms with E-state index in [2.05, 4.69) is 15.6 Å². The standard InChI is InChI=1S/C22H20ClN3O3S2/c1-3-7-24-22(28)14-5-4-13(9-16(14)23)26-19(27)11-29-17-10-18-20(25-12(2)31-18)21-15(17)6-8-30-21/h4-6,8-10H,3,7,11H2,1-2H3,(H,24,28)(H,26,27). The molecule has 31 heavy (non-hydrogen) atoms. The number of carbonyl (C=O) groups is 2. The van der Waals surface area contributed by atoms with E-state index in [0.29, 0.717) is 23.5 Å². The van der Waals surface area contributed by atoms with E-state index in [1.54, 1.807) is 40.9 Å². The Balaban J connectivity index is 1.44. The van der Waals surface area contributed by atoms with Crippen LogP contribution in [-0.4, -0.2) is 29.9 Å². The van der Waals surface area contributed by atoms with Gasteiger partial charge in [0, 0.05) is 23.7 Å². The fraction of sp³-hybridized carbons (Fsp3) is 0.227. The molecule has 0 aliphatic rings. The summed E-state index contributed by atoms with van der Waals surface area (Å²) in [6.45, 7) is 4.38. The van der Waals surface area contributed by atoms with Gasteiger partial charge in [-0.05, 0) is 43.0 Å². The van der Waals surface area contributed by atoms with Gasteiger partial charge in [-0.3, -0.25) is 9.59 Å². The monoisotopic (exact) mass is 473 g/mol. The fourth-order valence-corrected chi connectivity index (χ4v) is 5.26. The third kappa shape index (κ3) is 4.66. The molecule has 0 spiro atoms. The van der Waals surface area contributed by atoms with Crippen molar-refractivity contribution in [3.63, 3.8) is 0 Å². The highest BCUT2D eigenvalue weighted by molar-refractivity contribution is 7.21. The van der Waals surface area contributed by atoms with Crippen molar-refractivity contribution in [3.8, 4) is 5.75 Å². The Morgan fingerprint density at radius 3 is 2.84 bits per heavy atom. The maximum atomic E-state index is 12.4. The number of nitrogens with zero attached hydrogens (tertiary/aromatic N) is 1. The van der Waals surface area contributed by atoms with E-state index in [1.807, 2.05) is 31.4 Å². The molecular weight excluding hydrogens is 454 g/mol. The first kappa shape index (κ1) is 21.5. The summed E-state index contributed by atoms with van der Waals surface area (Å²) in [5.74, 6) is 0.105. The summed E-state index contributed by atoms with van der Waals surface area (Å²) in [5, 5.41) is 9.74. The summed E-state index contributed by atoms with van der Waals surface area (Å²) in [6.07, 6.45) is 0.838. The van der Waals surface area contributed by atoms with Crippen LogP contribution in [-0.2, 0) is 4.79 Å². The molecule has 2 amide bonds. The van der Waals surface area contributed by atoms with Gasteiger partial charge >= 0.3 is 0 Å². The number of rotatable bonds is 7. The Kier molecular flexibility index (Phi) is 6.41. The molecule has 4 aromatic rings. The summed E-state index contributed by atoms with van der Waals surface area (Å²) in [7, 11) is 0. The number of anilines is 1. The highest BCUT2D eigenvalue weighted by atomic mass is 35.5. The van der Waals surface area contributed by atoms with E-state index in [1.165, 1.54) is 0 Å². The van der Waals surface area contributed by atoms with Crippen molar-refractivity contribution < 1.29 is 14.3 Å². The molecule has 0 saturated heterocycles. The number of fused-ring (bicyclic) bond motifs is 3. The number of aryl methyl sites for hydroxylation is 1. The lowest BCUT2D eigenvalue weighted by Gasteiger charge is -2.11. The molecule has 0 bridgehead atoms. The van der Waals surface area contributed by atoms with Crippen LogP contribution in [0.2, 0.25) is 5.02 Å². The van der Waals surface area contributed by atoms with Crippen molar-refractivity contribution >= 4 is 72.1 Å². The van der Waals surface area contributed by atoms with Gasteiger partial charge in [0.2, 0.25) is 0 Å². The van der Waals surface area contributed by atoms with Gasteiger partial charge in [-0.15, -0.1) is 22.7 Å². The number of nitrogens with one attached hydrogen (secondary N) is 2. The molecule has 0 unspecified atom stereocenters. The molecule has 0 aliphatic carbocycles. The fourth-order valence-electron chi connectivity index (χ4n) is 3.16. The van der Waals surface area contributed by atoms with Crippen LogP contribution in [0, 0.1) is 6.92 Å². The highest BCUT2D eigenvalue weighted by Crippen LogP contribution is 2.38. The molecular formula is C22H20ClN3O3S2. The summed E-state index contributed by atoms with van der Waals surface area (Å²) in [6, 6.07) is 8.71. The minimum absolute atomic E-state index is 0.148. The second-order valence-corrected chi connectivity index (χ2v) is 9.46. The van der Waals surface area contributed by atoms with Crippen molar-refractivity contribution in [1.82, 2.24) is 10.3 Å². The number of ether oxygens (including phenoxy) is 1. The van der Waals surface area contributed by atoms with Crippen LogP contribution in [0.1, 0.15) is 28.7 Å². The van der Waals surface area contributed by atoms with Gasteiger partial charge in [0.1, 0.15) is 5.75 Å². The van der Waals surface area contributed by atoms with Gasteiger partial charge in [0.25, 0.3) is 11.8 Å². The van der Waals surface area contributed by atoms with Gasteiger partial charge in [0.05, 0.1) is 30.5 Å². The average molecular weight is 474 g/mol. The van der Waals surface area contributed by atoms with E-state index in [4.69, 9.17) is 16.3 Å². The zero-order chi connectivity index (χ0) is 22.0. The van der Waals surface area contributed by atoms with Crippen LogP contribution in [0.15, 0.2) is 35.7 Å². The first-order chi connectivity index (χ1) is 15.0. The largest absolute Gasteiger partial charge is 0.483 e. The quantitative estimate of drug-likeness (QED) is 0.364. The maximum absolute atomic E-state index is 12.4. The van der Waals surface area contributed by atoms with E-state index in [0.717, 1.165) is 31.7 Å². The second kappa shape index (κ2) is 9.21. The van der Waals surface area contributed by atoms with Gasteiger partial charge in [-0.1, -0.05) is 18.5 Å². The van der Waals surface area contributed by atoms with Crippen LogP contribution in [0.3, 0.4) is 0 Å². The molecule has 0 atom stereocenters. The van der Waals surface area contributed by atoms with Gasteiger partial charge in [-0.2, -0.15) is 0 Å². The molecule has 0 aliphatic heterocycles. The summed E-state index contributed by atoms with van der Waals surface area (Å²) >= 11 is 9.43. The molecule has 2 N–H and O–H groups in total. The number of aromatic nitrogens is 1. The van der Waals surface area contributed by atoms with Crippen molar-refractivity contribution in [2.75, 3.05) is 18.5 Å². The molecule has 2 heterocycles. The van der Waals surface area contributed by atoms with Crippen molar-refractivity contribution in [2.45, 2.75) is 20.3 Å². The van der Waals surface area contributed by atoms with Gasteiger partial charge in [0.15, 0.2) is 6.61 Å². The molecule has 0 fully saturated rings. The van der Waals surface area contributed by atoms with Crippen LogP contribution < -0.4 is 15.4 Å². The number of thiazole rings is 1. The Morgan fingerprint density at radius 2 is 2.06 bits per heavy atom. The number of hydrogen-bond donors (Lipinski definition) is 2. The van der Waals surface area contributed by atoms with Crippen LogP contribution >= 0.6 is 34.3 Å². The smallest absolute Gasteiger partial charge is 0.262 e. The van der Waals surface area contributed by atoms with Gasteiger partial charge in [-0.25, -0.2) is 4.98 Å². The lowest BCUT2D eigenvalue weighted by Crippen LogP contribution is -2.24. The predicted octanol–water partition coefficient (Wildman–Crippen LogP) is 5.63. The first-order valence-corrected chi connectivity index (χ1v) is 11.8. The zero-order valence-corrected chi connectivity index (χ0v) is 19.3. The van der Waals surface area contributed by atoms with Crippen LogP contribution in [0.25, 0.3) is 20.3 Å². The lowest BCUT2D eigenvalue weighted by molar-refractivity contribution is -0.118. The van der Waals surface area contributed by atoms with E-state index in [-0.39, 0.29) is 23.4 Å². The number of thiophene rings is 1. The topological polar surface area (TPSA) is 80.3 Å². The Labute approximate surface area is 192 Å². The normalized spacial score (nSPS) is 11.1. The minimum atomic E-state index is -0.316. The number of carbonyl (C=O) groups excluding carboxylic acids is 2. The molecule has 0 saturated carbocycles. The Hall–Kier alpha value is -2.68. The summed E-state index contributed by atoms with van der Waals surface area (Å²) < 4.78 is 7.93. The number of halogens is 1.